The van der Waals surface area contributed by atoms with E-state index in [9.17, 15) is 4.39 Å². The Morgan fingerprint density at radius 1 is 1.32 bits per heavy atom. The summed E-state index contributed by atoms with van der Waals surface area (Å²) in [5.74, 6) is 1.19. The molecule has 1 aromatic heterocycles. The van der Waals surface area contributed by atoms with Crippen LogP contribution in [0.5, 0.6) is 0 Å². The van der Waals surface area contributed by atoms with Crippen molar-refractivity contribution >= 4 is 0 Å². The van der Waals surface area contributed by atoms with Gasteiger partial charge in [-0.1, -0.05) is 23.4 Å². The van der Waals surface area contributed by atoms with Crippen molar-refractivity contribution in [1.29, 1.82) is 0 Å². The zero-order valence-corrected chi connectivity index (χ0v) is 10.6. The van der Waals surface area contributed by atoms with Crippen LogP contribution in [0.3, 0.4) is 0 Å². The second-order valence-corrected chi connectivity index (χ2v) is 5.09. The topological polar surface area (TPSA) is 64.9 Å². The average Bonchev–Trinajstić information content (AvgIpc) is 3.01. The van der Waals surface area contributed by atoms with E-state index in [-0.39, 0.29) is 17.8 Å². The minimum Gasteiger partial charge on any atom is -0.339 e. The fourth-order valence-corrected chi connectivity index (χ4v) is 2.56. The summed E-state index contributed by atoms with van der Waals surface area (Å²) in [6, 6.07) is 6.87. The van der Waals surface area contributed by atoms with Crippen molar-refractivity contribution in [2.45, 2.75) is 37.6 Å². The zero-order chi connectivity index (χ0) is 13.2. The molecule has 100 valence electrons. The summed E-state index contributed by atoms with van der Waals surface area (Å²) in [7, 11) is 0. The average molecular weight is 261 g/mol. The monoisotopic (exact) mass is 261 g/mol. The molecule has 1 heterocycles. The summed E-state index contributed by atoms with van der Waals surface area (Å²) >= 11 is 0. The minimum atomic E-state index is -0.239. The second-order valence-electron chi connectivity index (χ2n) is 5.09. The molecule has 1 aliphatic carbocycles. The van der Waals surface area contributed by atoms with Crippen LogP contribution < -0.4 is 5.73 Å². The molecule has 5 heteroatoms. The van der Waals surface area contributed by atoms with E-state index in [0.29, 0.717) is 23.7 Å². The Labute approximate surface area is 110 Å². The molecule has 0 aliphatic heterocycles. The van der Waals surface area contributed by atoms with Gasteiger partial charge in [-0.3, -0.25) is 0 Å². The number of nitrogens with zero attached hydrogens (tertiary/aromatic N) is 2. The molecule has 2 atom stereocenters. The number of nitrogens with two attached hydrogens (primary N) is 1. The first kappa shape index (κ1) is 12.3. The third-order valence-corrected chi connectivity index (χ3v) is 3.61. The van der Waals surface area contributed by atoms with Crippen molar-refractivity contribution in [3.8, 4) is 0 Å². The molecule has 1 aliphatic rings. The summed E-state index contributed by atoms with van der Waals surface area (Å²) in [4.78, 5) is 4.36. The van der Waals surface area contributed by atoms with Gasteiger partial charge in [0.2, 0.25) is 5.89 Å². The summed E-state index contributed by atoms with van der Waals surface area (Å²) in [6.07, 6.45) is 3.23. The third kappa shape index (κ3) is 2.66. The Hall–Kier alpha value is -1.75. The standard InChI is InChI=1S/C14H16FN3O/c15-12-4-2-1-3-9(12)8-13-17-14(19-18-13)10-5-6-11(16)7-10/h1-4,10-11H,5-8,16H2/t10-,11+/m1/s1. The van der Waals surface area contributed by atoms with Crippen molar-refractivity contribution in [3.05, 3.63) is 47.4 Å². The van der Waals surface area contributed by atoms with Crippen molar-refractivity contribution in [3.63, 3.8) is 0 Å². The molecule has 4 nitrogen and oxygen atoms in total. The van der Waals surface area contributed by atoms with E-state index in [1.165, 1.54) is 6.07 Å². The van der Waals surface area contributed by atoms with Crippen molar-refractivity contribution in [2.24, 2.45) is 5.73 Å². The van der Waals surface area contributed by atoms with Gasteiger partial charge < -0.3 is 10.3 Å². The Kier molecular flexibility index (Phi) is 3.29. The molecule has 2 aromatic rings. The summed E-state index contributed by atoms with van der Waals surface area (Å²) < 4.78 is 18.8. The van der Waals surface area contributed by atoms with Crippen LogP contribution in [0.1, 0.15) is 42.5 Å². The molecule has 3 rings (SSSR count). The lowest BCUT2D eigenvalue weighted by Crippen LogP contribution is -2.14. The van der Waals surface area contributed by atoms with Crippen LogP contribution in [0, 0.1) is 5.82 Å². The normalized spacial score (nSPS) is 22.8. The van der Waals surface area contributed by atoms with E-state index in [1.807, 2.05) is 0 Å². The van der Waals surface area contributed by atoms with Gasteiger partial charge in [0.25, 0.3) is 0 Å². The van der Waals surface area contributed by atoms with E-state index >= 15 is 0 Å². The van der Waals surface area contributed by atoms with Crippen LogP contribution >= 0.6 is 0 Å². The molecule has 0 unspecified atom stereocenters. The molecule has 0 spiro atoms. The fourth-order valence-electron chi connectivity index (χ4n) is 2.56. The molecule has 0 saturated heterocycles. The predicted molar refractivity (Wildman–Crippen MR) is 68.1 cm³/mol. The first-order valence-electron chi connectivity index (χ1n) is 6.54. The summed E-state index contributed by atoms with van der Waals surface area (Å²) in [6.45, 7) is 0. The van der Waals surface area contributed by atoms with Gasteiger partial charge in [0.15, 0.2) is 5.82 Å². The quantitative estimate of drug-likeness (QED) is 0.921. The van der Waals surface area contributed by atoms with Gasteiger partial charge in [-0.2, -0.15) is 4.98 Å². The molecule has 19 heavy (non-hydrogen) atoms. The Morgan fingerprint density at radius 2 is 2.16 bits per heavy atom. The maximum absolute atomic E-state index is 13.5. The SMILES string of the molecule is N[C@H]1CC[C@@H](c2nc(Cc3ccccc3F)no2)C1. The predicted octanol–water partition coefficient (Wildman–Crippen LogP) is 2.39. The number of benzene rings is 1. The summed E-state index contributed by atoms with van der Waals surface area (Å²) in [5.41, 5.74) is 6.45. The lowest BCUT2D eigenvalue weighted by atomic mass is 10.1. The molecule has 1 saturated carbocycles. The number of rotatable bonds is 3. The van der Waals surface area contributed by atoms with E-state index in [1.54, 1.807) is 18.2 Å². The van der Waals surface area contributed by atoms with Gasteiger partial charge in [0.05, 0.1) is 0 Å². The number of aromatic nitrogens is 2. The van der Waals surface area contributed by atoms with Crippen molar-refractivity contribution in [2.75, 3.05) is 0 Å². The van der Waals surface area contributed by atoms with Crippen LogP contribution in [0.15, 0.2) is 28.8 Å². The number of hydrogen-bond acceptors (Lipinski definition) is 4. The van der Waals surface area contributed by atoms with Gasteiger partial charge in [0, 0.05) is 18.4 Å². The molecule has 0 amide bonds. The molecule has 0 radical (unpaired) electrons. The maximum Gasteiger partial charge on any atom is 0.229 e. The molecule has 0 bridgehead atoms. The highest BCUT2D eigenvalue weighted by molar-refractivity contribution is 5.20. The molecular weight excluding hydrogens is 245 g/mol. The van der Waals surface area contributed by atoms with Crippen LogP contribution in [0.2, 0.25) is 0 Å². The highest BCUT2D eigenvalue weighted by Gasteiger charge is 2.27. The van der Waals surface area contributed by atoms with E-state index in [2.05, 4.69) is 10.1 Å². The third-order valence-electron chi connectivity index (χ3n) is 3.61. The number of hydrogen-bond donors (Lipinski definition) is 1. The first-order chi connectivity index (χ1) is 9.22. The Morgan fingerprint density at radius 3 is 2.89 bits per heavy atom. The maximum atomic E-state index is 13.5. The van der Waals surface area contributed by atoms with Gasteiger partial charge in [-0.15, -0.1) is 0 Å². The van der Waals surface area contributed by atoms with Crippen molar-refractivity contribution < 1.29 is 8.91 Å². The van der Waals surface area contributed by atoms with Crippen LogP contribution in [0.4, 0.5) is 4.39 Å². The zero-order valence-electron chi connectivity index (χ0n) is 10.6. The van der Waals surface area contributed by atoms with E-state index < -0.39 is 0 Å². The lowest BCUT2D eigenvalue weighted by Gasteiger charge is -2.01. The fraction of sp³-hybridized carbons (Fsp3) is 0.429. The van der Waals surface area contributed by atoms with Crippen LogP contribution in [-0.4, -0.2) is 16.2 Å². The Bertz CT molecular complexity index is 569. The highest BCUT2D eigenvalue weighted by atomic mass is 19.1. The Balaban J connectivity index is 1.73. The number of halogens is 1. The van der Waals surface area contributed by atoms with Crippen LogP contribution in [0.25, 0.3) is 0 Å². The van der Waals surface area contributed by atoms with Gasteiger partial charge >= 0.3 is 0 Å². The van der Waals surface area contributed by atoms with Crippen molar-refractivity contribution in [1.82, 2.24) is 10.1 Å². The molecule has 2 N–H and O–H groups in total. The first-order valence-corrected chi connectivity index (χ1v) is 6.54. The minimum absolute atomic E-state index is 0.229. The van der Waals surface area contributed by atoms with E-state index in [0.717, 1.165) is 19.3 Å². The second kappa shape index (κ2) is 5.09. The lowest BCUT2D eigenvalue weighted by molar-refractivity contribution is 0.349. The van der Waals surface area contributed by atoms with Gasteiger partial charge in [-0.05, 0) is 30.9 Å². The smallest absolute Gasteiger partial charge is 0.229 e. The largest absolute Gasteiger partial charge is 0.339 e. The van der Waals surface area contributed by atoms with Gasteiger partial charge in [-0.25, -0.2) is 4.39 Å². The summed E-state index contributed by atoms with van der Waals surface area (Å²) in [5, 5.41) is 3.93. The molecular formula is C14H16FN3O. The molecule has 1 fully saturated rings. The van der Waals surface area contributed by atoms with Gasteiger partial charge in [0.1, 0.15) is 5.82 Å². The highest BCUT2D eigenvalue weighted by Crippen LogP contribution is 2.32. The molecule has 1 aromatic carbocycles. The van der Waals surface area contributed by atoms with E-state index in [4.69, 9.17) is 10.3 Å². The van der Waals surface area contributed by atoms with Crippen LogP contribution in [-0.2, 0) is 6.42 Å².